The van der Waals surface area contributed by atoms with E-state index in [1.165, 1.54) is 23.4 Å². The topological polar surface area (TPSA) is 68.7 Å². The summed E-state index contributed by atoms with van der Waals surface area (Å²) >= 11 is 0. The molecule has 6 nitrogen and oxygen atoms in total. The standard InChI is InChI=1S/C27H28F2N4O2/c1-32(20-5-7-21(8-6-20)33-16-27(28,29)17-33)22-9-10-23-18(13-22)3-2-4-19(23)14-31-25-15-30-12-11-24(25)26(34)35/h5-13,15,19,31H,2-4,14,16-17H2,1H3,(H,34,35)/t19-/m0/s1. The number of halogens is 2. The molecule has 5 rings (SSSR count). The second-order valence-electron chi connectivity index (χ2n) is 9.37. The molecule has 0 unspecified atom stereocenters. The summed E-state index contributed by atoms with van der Waals surface area (Å²) in [4.78, 5) is 19.3. The molecule has 2 heterocycles. The quantitative estimate of drug-likeness (QED) is 0.465. The van der Waals surface area contributed by atoms with Crippen molar-refractivity contribution in [3.63, 3.8) is 0 Å². The molecule has 0 saturated carbocycles. The van der Waals surface area contributed by atoms with Gasteiger partial charge in [0.1, 0.15) is 0 Å². The van der Waals surface area contributed by atoms with Crippen LogP contribution in [0.1, 0.15) is 40.2 Å². The number of carboxylic acids is 1. The summed E-state index contributed by atoms with van der Waals surface area (Å²) in [6, 6.07) is 15.7. The highest BCUT2D eigenvalue weighted by Gasteiger charge is 2.43. The number of nitrogens with zero attached hydrogens (tertiary/aromatic N) is 3. The number of rotatable bonds is 7. The van der Waals surface area contributed by atoms with E-state index >= 15 is 0 Å². The predicted molar refractivity (Wildman–Crippen MR) is 133 cm³/mol. The molecule has 2 N–H and O–H groups in total. The fourth-order valence-electron chi connectivity index (χ4n) is 5.01. The minimum atomic E-state index is -2.58. The van der Waals surface area contributed by atoms with Crippen molar-refractivity contribution in [3.05, 3.63) is 77.6 Å². The zero-order valence-electron chi connectivity index (χ0n) is 19.5. The molecule has 0 spiro atoms. The second-order valence-corrected chi connectivity index (χ2v) is 9.37. The Balaban J connectivity index is 1.28. The summed E-state index contributed by atoms with van der Waals surface area (Å²) in [5.74, 6) is -3.26. The Kier molecular flexibility index (Phi) is 6.05. The first-order chi connectivity index (χ1) is 16.8. The molecule has 182 valence electrons. The number of nitrogens with one attached hydrogen (secondary N) is 1. The largest absolute Gasteiger partial charge is 0.478 e. The fourth-order valence-corrected chi connectivity index (χ4v) is 5.01. The zero-order chi connectivity index (χ0) is 24.6. The first kappa shape index (κ1) is 23.1. The average Bonchev–Trinajstić information content (AvgIpc) is 2.85. The van der Waals surface area contributed by atoms with E-state index in [0.717, 1.165) is 36.3 Å². The Morgan fingerprint density at radius 2 is 1.91 bits per heavy atom. The molecule has 0 amide bonds. The third kappa shape index (κ3) is 4.78. The number of benzene rings is 2. The molecule has 0 radical (unpaired) electrons. The summed E-state index contributed by atoms with van der Waals surface area (Å²) in [7, 11) is 2.01. The molecule has 35 heavy (non-hydrogen) atoms. The van der Waals surface area contributed by atoms with Crippen molar-refractivity contribution in [3.8, 4) is 0 Å². The van der Waals surface area contributed by atoms with Crippen molar-refractivity contribution in [2.45, 2.75) is 31.1 Å². The molecule has 1 aliphatic carbocycles. The number of aromatic carboxylic acids is 1. The van der Waals surface area contributed by atoms with Gasteiger partial charge in [0.2, 0.25) is 0 Å². The van der Waals surface area contributed by atoms with Gasteiger partial charge in [-0.25, -0.2) is 13.6 Å². The molecular formula is C27H28F2N4O2. The first-order valence-electron chi connectivity index (χ1n) is 11.8. The highest BCUT2D eigenvalue weighted by atomic mass is 19.3. The van der Waals surface area contributed by atoms with Gasteiger partial charge in [-0.3, -0.25) is 4.98 Å². The zero-order valence-corrected chi connectivity index (χ0v) is 19.5. The number of pyridine rings is 1. The normalized spacial score (nSPS) is 18.4. The summed E-state index contributed by atoms with van der Waals surface area (Å²) in [6.07, 6.45) is 6.15. The number of hydrogen-bond acceptors (Lipinski definition) is 5. The number of alkyl halides is 2. The van der Waals surface area contributed by atoms with Crippen molar-refractivity contribution < 1.29 is 18.7 Å². The lowest BCUT2D eigenvalue weighted by atomic mass is 9.82. The van der Waals surface area contributed by atoms with Gasteiger partial charge in [0.25, 0.3) is 5.92 Å². The van der Waals surface area contributed by atoms with Gasteiger partial charge in [-0.15, -0.1) is 0 Å². The Morgan fingerprint density at radius 1 is 1.17 bits per heavy atom. The van der Waals surface area contributed by atoms with Gasteiger partial charge in [-0.05, 0) is 72.9 Å². The molecule has 1 atom stereocenters. The van der Waals surface area contributed by atoms with Crippen LogP contribution in [0.4, 0.5) is 31.5 Å². The van der Waals surface area contributed by atoms with Crippen LogP contribution in [0.15, 0.2) is 60.9 Å². The van der Waals surface area contributed by atoms with Crippen LogP contribution >= 0.6 is 0 Å². The predicted octanol–water partition coefficient (Wildman–Crippen LogP) is 5.54. The van der Waals surface area contributed by atoms with Crippen molar-refractivity contribution in [1.82, 2.24) is 4.98 Å². The van der Waals surface area contributed by atoms with Gasteiger partial charge in [-0.1, -0.05) is 6.07 Å². The van der Waals surface area contributed by atoms with Crippen molar-refractivity contribution in [1.29, 1.82) is 0 Å². The third-order valence-electron chi connectivity index (χ3n) is 6.99. The lowest BCUT2D eigenvalue weighted by Gasteiger charge is -2.40. The van der Waals surface area contributed by atoms with Crippen molar-refractivity contribution in [2.24, 2.45) is 0 Å². The highest BCUT2D eigenvalue weighted by molar-refractivity contribution is 5.93. The second kappa shape index (κ2) is 9.17. The molecular weight excluding hydrogens is 450 g/mol. The maximum absolute atomic E-state index is 13.2. The van der Waals surface area contributed by atoms with Crippen LogP contribution in [0.5, 0.6) is 0 Å². The molecule has 0 bridgehead atoms. The summed E-state index contributed by atoms with van der Waals surface area (Å²) < 4.78 is 26.3. The number of aryl methyl sites for hydroxylation is 1. The summed E-state index contributed by atoms with van der Waals surface area (Å²) in [5, 5.41) is 12.7. The molecule has 8 heteroatoms. The minimum Gasteiger partial charge on any atom is -0.478 e. The molecule has 3 aromatic rings. The van der Waals surface area contributed by atoms with Gasteiger partial charge < -0.3 is 20.2 Å². The number of hydrogen-bond donors (Lipinski definition) is 2. The van der Waals surface area contributed by atoms with Crippen LogP contribution in [-0.4, -0.2) is 48.7 Å². The fraction of sp³-hybridized carbons (Fsp3) is 0.333. The smallest absolute Gasteiger partial charge is 0.337 e. The molecule has 1 aliphatic heterocycles. The number of carbonyl (C=O) groups is 1. The van der Waals surface area contributed by atoms with E-state index in [0.29, 0.717) is 12.2 Å². The van der Waals surface area contributed by atoms with Gasteiger partial charge in [0.05, 0.1) is 30.5 Å². The molecule has 1 saturated heterocycles. The number of anilines is 4. The Morgan fingerprint density at radius 3 is 2.63 bits per heavy atom. The van der Waals surface area contributed by atoms with Gasteiger partial charge in [-0.2, -0.15) is 0 Å². The maximum atomic E-state index is 13.2. The van der Waals surface area contributed by atoms with Crippen molar-refractivity contribution in [2.75, 3.05) is 41.8 Å². The molecule has 1 aromatic heterocycles. The first-order valence-corrected chi connectivity index (χ1v) is 11.8. The maximum Gasteiger partial charge on any atom is 0.337 e. The van der Waals surface area contributed by atoms with Crippen LogP contribution < -0.4 is 15.1 Å². The van der Waals surface area contributed by atoms with Crippen LogP contribution in [0.2, 0.25) is 0 Å². The van der Waals surface area contributed by atoms with E-state index in [1.807, 2.05) is 31.3 Å². The van der Waals surface area contributed by atoms with E-state index in [9.17, 15) is 18.7 Å². The van der Waals surface area contributed by atoms with E-state index in [-0.39, 0.29) is 24.6 Å². The lowest BCUT2D eigenvalue weighted by molar-refractivity contribution is -0.0262. The van der Waals surface area contributed by atoms with Crippen molar-refractivity contribution >= 4 is 28.7 Å². The van der Waals surface area contributed by atoms with Crippen LogP contribution in [0.3, 0.4) is 0 Å². The van der Waals surface area contributed by atoms with Crippen LogP contribution in [0, 0.1) is 0 Å². The number of fused-ring (bicyclic) bond motifs is 1. The molecule has 2 aliphatic rings. The number of carboxylic acid groups (broad SMARTS) is 1. The average molecular weight is 479 g/mol. The third-order valence-corrected chi connectivity index (χ3v) is 6.99. The Labute approximate surface area is 203 Å². The molecule has 1 fully saturated rings. The van der Waals surface area contributed by atoms with Gasteiger partial charge in [0, 0.05) is 42.8 Å². The summed E-state index contributed by atoms with van der Waals surface area (Å²) in [5.41, 5.74) is 6.23. The van der Waals surface area contributed by atoms with Crippen LogP contribution in [0.25, 0.3) is 0 Å². The van der Waals surface area contributed by atoms with E-state index in [4.69, 9.17) is 0 Å². The highest BCUT2D eigenvalue weighted by Crippen LogP contribution is 2.37. The Bertz CT molecular complexity index is 1220. The van der Waals surface area contributed by atoms with E-state index in [1.54, 1.807) is 11.1 Å². The lowest BCUT2D eigenvalue weighted by Crippen LogP contribution is -2.56. The number of aromatic nitrogens is 1. The van der Waals surface area contributed by atoms with Gasteiger partial charge >= 0.3 is 5.97 Å². The monoisotopic (exact) mass is 478 g/mol. The van der Waals surface area contributed by atoms with Gasteiger partial charge in [0.15, 0.2) is 0 Å². The van der Waals surface area contributed by atoms with E-state index < -0.39 is 11.9 Å². The van der Waals surface area contributed by atoms with E-state index in [2.05, 4.69) is 33.4 Å². The summed E-state index contributed by atoms with van der Waals surface area (Å²) in [6.45, 7) is 0.202. The minimum absolute atomic E-state index is 0.221. The van der Waals surface area contributed by atoms with Crippen LogP contribution in [-0.2, 0) is 6.42 Å². The Hall–Kier alpha value is -3.68. The SMILES string of the molecule is CN(c1ccc(N2CC(F)(F)C2)cc1)c1ccc2c(c1)CCC[C@H]2CNc1cnccc1C(=O)O. The molecule has 2 aromatic carbocycles.